The van der Waals surface area contributed by atoms with Gasteiger partial charge in [0, 0.05) is 31.3 Å². The average Bonchev–Trinajstić information content (AvgIpc) is 2.61. The highest BCUT2D eigenvalue weighted by Crippen LogP contribution is 2.27. The molecule has 0 saturated heterocycles. The van der Waals surface area contributed by atoms with E-state index in [4.69, 9.17) is 46.4 Å². The molecule has 0 radical (unpaired) electrons. The molecule has 0 aromatic heterocycles. The van der Waals surface area contributed by atoms with Crippen LogP contribution in [0.15, 0.2) is 66.7 Å². The number of rotatable bonds is 4. The Hall–Kier alpha value is -1.71. The van der Waals surface area contributed by atoms with E-state index in [9.17, 15) is 4.79 Å². The van der Waals surface area contributed by atoms with Crippen LogP contribution in [0.25, 0.3) is 0 Å². The van der Waals surface area contributed by atoms with Gasteiger partial charge in [0.05, 0.1) is 6.54 Å². The van der Waals surface area contributed by atoms with Crippen LogP contribution in [0.4, 0.5) is 5.69 Å². The lowest BCUT2D eigenvalue weighted by molar-refractivity contribution is 0.0985. The maximum absolute atomic E-state index is 13.1. The monoisotopic (exact) mass is 423 g/mol. The third-order valence-corrected chi connectivity index (χ3v) is 4.87. The van der Waals surface area contributed by atoms with Crippen molar-refractivity contribution in [3.8, 4) is 0 Å². The zero-order valence-corrected chi connectivity index (χ0v) is 16.4. The van der Waals surface area contributed by atoms with Gasteiger partial charge >= 0.3 is 0 Å². The lowest BCUT2D eigenvalue weighted by atomic mass is 10.1. The molecule has 132 valence electrons. The molecule has 0 fully saturated rings. The van der Waals surface area contributed by atoms with Gasteiger partial charge in [-0.3, -0.25) is 4.79 Å². The summed E-state index contributed by atoms with van der Waals surface area (Å²) in [6, 6.07) is 19.0. The number of hydrogen-bond acceptors (Lipinski definition) is 1. The van der Waals surface area contributed by atoms with Crippen molar-refractivity contribution in [2.24, 2.45) is 0 Å². The van der Waals surface area contributed by atoms with Crippen molar-refractivity contribution in [3.05, 3.63) is 97.9 Å². The van der Waals surface area contributed by atoms with E-state index < -0.39 is 0 Å². The lowest BCUT2D eigenvalue weighted by Gasteiger charge is -2.24. The van der Waals surface area contributed by atoms with Crippen LogP contribution in [0.5, 0.6) is 0 Å². The van der Waals surface area contributed by atoms with E-state index in [1.807, 2.05) is 6.07 Å². The van der Waals surface area contributed by atoms with Gasteiger partial charge in [0.25, 0.3) is 5.91 Å². The smallest absolute Gasteiger partial charge is 0.258 e. The van der Waals surface area contributed by atoms with Crippen LogP contribution in [0.3, 0.4) is 0 Å². The second-order valence-electron chi connectivity index (χ2n) is 5.61. The largest absolute Gasteiger partial charge is 0.304 e. The summed E-state index contributed by atoms with van der Waals surface area (Å²) in [4.78, 5) is 14.7. The van der Waals surface area contributed by atoms with Crippen LogP contribution in [-0.4, -0.2) is 5.91 Å². The number of nitrogens with zero attached hydrogens (tertiary/aromatic N) is 1. The van der Waals surface area contributed by atoms with Crippen molar-refractivity contribution in [2.45, 2.75) is 6.54 Å². The molecule has 0 bridgehead atoms. The molecule has 0 heterocycles. The molecule has 0 aliphatic rings. The van der Waals surface area contributed by atoms with Gasteiger partial charge in [-0.25, -0.2) is 0 Å². The maximum Gasteiger partial charge on any atom is 0.258 e. The molecule has 0 saturated carbocycles. The van der Waals surface area contributed by atoms with E-state index in [2.05, 4.69) is 0 Å². The molecule has 0 N–H and O–H groups in total. The van der Waals surface area contributed by atoms with Crippen molar-refractivity contribution in [1.82, 2.24) is 0 Å². The summed E-state index contributed by atoms with van der Waals surface area (Å²) in [5.41, 5.74) is 1.96. The van der Waals surface area contributed by atoms with Crippen LogP contribution in [0.2, 0.25) is 20.1 Å². The van der Waals surface area contributed by atoms with E-state index in [0.717, 1.165) is 5.56 Å². The summed E-state index contributed by atoms with van der Waals surface area (Å²) >= 11 is 24.3. The zero-order valence-electron chi connectivity index (χ0n) is 13.4. The van der Waals surface area contributed by atoms with Gasteiger partial charge in [-0.2, -0.15) is 0 Å². The number of hydrogen-bond donors (Lipinski definition) is 0. The molecule has 0 aliphatic carbocycles. The number of amides is 1. The normalized spacial score (nSPS) is 10.6. The second kappa shape index (κ2) is 8.32. The van der Waals surface area contributed by atoms with Gasteiger partial charge in [-0.15, -0.1) is 0 Å². The Morgan fingerprint density at radius 3 is 2.08 bits per heavy atom. The van der Waals surface area contributed by atoms with E-state index in [0.29, 0.717) is 31.3 Å². The lowest BCUT2D eigenvalue weighted by Crippen LogP contribution is -2.30. The van der Waals surface area contributed by atoms with Crippen LogP contribution in [-0.2, 0) is 6.54 Å². The fourth-order valence-corrected chi connectivity index (χ4v) is 3.27. The van der Waals surface area contributed by atoms with Gasteiger partial charge in [0.2, 0.25) is 0 Å². The summed E-state index contributed by atoms with van der Waals surface area (Å²) < 4.78 is 0. The SMILES string of the molecule is O=C(c1ccc(Cl)cc1)N(Cc1ccc(Cl)cc1Cl)c1cccc(Cl)c1. The Kier molecular flexibility index (Phi) is 6.10. The highest BCUT2D eigenvalue weighted by atomic mass is 35.5. The predicted molar refractivity (Wildman–Crippen MR) is 110 cm³/mol. The Morgan fingerprint density at radius 1 is 0.769 bits per heavy atom. The number of anilines is 1. The minimum atomic E-state index is -0.185. The van der Waals surface area contributed by atoms with Crippen LogP contribution >= 0.6 is 46.4 Å². The van der Waals surface area contributed by atoms with Crippen molar-refractivity contribution in [2.75, 3.05) is 4.90 Å². The van der Waals surface area contributed by atoms with Crippen LogP contribution in [0.1, 0.15) is 15.9 Å². The van der Waals surface area contributed by atoms with Crippen LogP contribution in [0, 0.1) is 0 Å². The zero-order chi connectivity index (χ0) is 18.7. The maximum atomic E-state index is 13.1. The molecule has 3 aromatic carbocycles. The van der Waals surface area contributed by atoms with E-state index in [-0.39, 0.29) is 12.5 Å². The fourth-order valence-electron chi connectivity index (χ4n) is 2.49. The molecule has 26 heavy (non-hydrogen) atoms. The standard InChI is InChI=1S/C20H13Cl4NO/c21-15-7-4-13(5-8-15)20(26)25(18-3-1-2-16(22)10-18)12-14-6-9-17(23)11-19(14)24/h1-11H,12H2. The average molecular weight is 425 g/mol. The number of carbonyl (C=O) groups excluding carboxylic acids is 1. The van der Waals surface area contributed by atoms with Crippen molar-refractivity contribution in [1.29, 1.82) is 0 Å². The summed E-state index contributed by atoms with van der Waals surface area (Å²) in [5, 5.41) is 2.14. The van der Waals surface area contributed by atoms with E-state index >= 15 is 0 Å². The summed E-state index contributed by atoms with van der Waals surface area (Å²) in [6.45, 7) is 0.276. The van der Waals surface area contributed by atoms with Crippen molar-refractivity contribution >= 4 is 58.0 Å². The molecule has 1 amide bonds. The van der Waals surface area contributed by atoms with Crippen molar-refractivity contribution in [3.63, 3.8) is 0 Å². The molecule has 2 nitrogen and oxygen atoms in total. The molecule has 3 aromatic rings. The molecule has 3 rings (SSSR count). The summed E-state index contributed by atoms with van der Waals surface area (Å²) in [5.74, 6) is -0.185. The number of carbonyl (C=O) groups is 1. The van der Waals surface area contributed by atoms with Crippen LogP contribution < -0.4 is 4.90 Å². The molecule has 0 spiro atoms. The van der Waals surface area contributed by atoms with E-state index in [1.54, 1.807) is 65.6 Å². The second-order valence-corrected chi connectivity index (χ2v) is 7.33. The fraction of sp³-hybridized carbons (Fsp3) is 0.0500. The molecule has 6 heteroatoms. The first-order valence-corrected chi connectivity index (χ1v) is 9.22. The summed E-state index contributed by atoms with van der Waals surface area (Å²) in [7, 11) is 0. The summed E-state index contributed by atoms with van der Waals surface area (Å²) in [6.07, 6.45) is 0. The Bertz CT molecular complexity index is 941. The van der Waals surface area contributed by atoms with Crippen molar-refractivity contribution < 1.29 is 4.79 Å². The number of halogens is 4. The highest BCUT2D eigenvalue weighted by Gasteiger charge is 2.19. The predicted octanol–water partition coefficient (Wildman–Crippen LogP) is 7.15. The van der Waals surface area contributed by atoms with Gasteiger partial charge < -0.3 is 4.90 Å². The quantitative estimate of drug-likeness (QED) is 0.435. The Morgan fingerprint density at radius 2 is 1.42 bits per heavy atom. The topological polar surface area (TPSA) is 20.3 Å². The Balaban J connectivity index is 2.01. The molecular weight excluding hydrogens is 412 g/mol. The first-order chi connectivity index (χ1) is 12.4. The minimum Gasteiger partial charge on any atom is -0.304 e. The minimum absolute atomic E-state index is 0.185. The molecule has 0 aliphatic heterocycles. The van der Waals surface area contributed by atoms with Gasteiger partial charge in [0.15, 0.2) is 0 Å². The molecule has 0 atom stereocenters. The van der Waals surface area contributed by atoms with E-state index in [1.165, 1.54) is 0 Å². The van der Waals surface area contributed by atoms with Gasteiger partial charge in [0.1, 0.15) is 0 Å². The number of benzene rings is 3. The highest BCUT2D eigenvalue weighted by molar-refractivity contribution is 6.35. The Labute approximate surface area is 171 Å². The third-order valence-electron chi connectivity index (χ3n) is 3.80. The van der Waals surface area contributed by atoms with Gasteiger partial charge in [-0.05, 0) is 60.2 Å². The molecular formula is C20H13Cl4NO. The first kappa shape index (κ1) is 19.1. The molecule has 0 unspecified atom stereocenters. The first-order valence-electron chi connectivity index (χ1n) is 7.71. The third kappa shape index (κ3) is 4.52. The van der Waals surface area contributed by atoms with Gasteiger partial charge in [-0.1, -0.05) is 58.5 Å².